The Labute approximate surface area is 75.0 Å². The van der Waals surface area contributed by atoms with Crippen LogP contribution < -0.4 is 11.5 Å². The van der Waals surface area contributed by atoms with E-state index in [0.29, 0.717) is 11.6 Å². The maximum atomic E-state index is 8.74. The van der Waals surface area contributed by atoms with Gasteiger partial charge in [-0.15, -0.1) is 0 Å². The predicted molar refractivity (Wildman–Crippen MR) is 47.2 cm³/mol. The number of pyridine rings is 1. The van der Waals surface area contributed by atoms with Crippen molar-refractivity contribution in [1.29, 1.82) is 0 Å². The van der Waals surface area contributed by atoms with Gasteiger partial charge in [-0.3, -0.25) is 9.11 Å². The normalized spacial score (nSPS) is 10.0. The minimum atomic E-state index is -4.67. The van der Waals surface area contributed by atoms with E-state index in [9.17, 15) is 0 Å². The van der Waals surface area contributed by atoms with Gasteiger partial charge in [0, 0.05) is 0 Å². The standard InChI is InChI=1S/C5H7N3.H2O4S/c6-4-2-1-3-5(7)8-4;1-5(2,3)4/h1-3H,(H4,6,7,8);(H2,1,2,3,4). The number of anilines is 2. The first-order valence-electron chi connectivity index (χ1n) is 2.97. The highest BCUT2D eigenvalue weighted by Gasteiger charge is 1.84. The van der Waals surface area contributed by atoms with Crippen molar-refractivity contribution in [2.45, 2.75) is 0 Å². The number of hydrogen-bond acceptors (Lipinski definition) is 5. The molecule has 0 saturated carbocycles. The lowest BCUT2D eigenvalue weighted by Crippen LogP contribution is -1.93. The summed E-state index contributed by atoms with van der Waals surface area (Å²) in [5, 5.41) is 0. The van der Waals surface area contributed by atoms with E-state index in [0.717, 1.165) is 0 Å². The highest BCUT2D eigenvalue weighted by atomic mass is 32.3. The van der Waals surface area contributed by atoms with Gasteiger partial charge >= 0.3 is 10.4 Å². The Balaban J connectivity index is 0.000000252. The molecule has 7 nitrogen and oxygen atoms in total. The fourth-order valence-electron chi connectivity index (χ4n) is 0.469. The second-order valence-corrected chi connectivity index (χ2v) is 2.83. The summed E-state index contributed by atoms with van der Waals surface area (Å²) in [6.07, 6.45) is 0. The van der Waals surface area contributed by atoms with Gasteiger partial charge in [-0.05, 0) is 12.1 Å². The van der Waals surface area contributed by atoms with E-state index in [1.807, 2.05) is 0 Å². The zero-order chi connectivity index (χ0) is 10.5. The minimum Gasteiger partial charge on any atom is -0.384 e. The Bertz CT molecular complexity index is 339. The zero-order valence-corrected chi connectivity index (χ0v) is 7.27. The molecule has 0 aliphatic carbocycles. The molecule has 0 unspecified atom stereocenters. The predicted octanol–water partition coefficient (Wildman–Crippen LogP) is -0.407. The van der Waals surface area contributed by atoms with Gasteiger partial charge < -0.3 is 11.5 Å². The van der Waals surface area contributed by atoms with Crippen molar-refractivity contribution in [3.8, 4) is 0 Å². The first-order chi connectivity index (χ1) is 5.79. The number of rotatable bonds is 0. The van der Waals surface area contributed by atoms with E-state index < -0.39 is 10.4 Å². The van der Waals surface area contributed by atoms with E-state index in [2.05, 4.69) is 4.98 Å². The van der Waals surface area contributed by atoms with E-state index in [4.69, 9.17) is 29.0 Å². The molecule has 13 heavy (non-hydrogen) atoms. The summed E-state index contributed by atoms with van der Waals surface area (Å²) in [5.74, 6) is 0.926. The first kappa shape index (κ1) is 11.6. The molecule has 0 spiro atoms. The molecule has 0 aliphatic rings. The SMILES string of the molecule is Nc1cccc(N)n1.O=S(=O)(O)O. The van der Waals surface area contributed by atoms with E-state index in [1.165, 1.54) is 0 Å². The Hall–Kier alpha value is -1.38. The van der Waals surface area contributed by atoms with Crippen molar-refractivity contribution in [3.05, 3.63) is 18.2 Å². The fraction of sp³-hybridized carbons (Fsp3) is 0. The van der Waals surface area contributed by atoms with Gasteiger partial charge in [0.2, 0.25) is 0 Å². The van der Waals surface area contributed by atoms with Crippen LogP contribution in [0.15, 0.2) is 18.2 Å². The number of nitrogens with zero attached hydrogens (tertiary/aromatic N) is 1. The molecule has 0 bridgehead atoms. The first-order valence-corrected chi connectivity index (χ1v) is 4.36. The molecule has 1 aromatic rings. The smallest absolute Gasteiger partial charge is 0.384 e. The summed E-state index contributed by atoms with van der Waals surface area (Å²) in [6, 6.07) is 5.14. The third kappa shape index (κ3) is 10.6. The van der Waals surface area contributed by atoms with Gasteiger partial charge in [-0.2, -0.15) is 8.42 Å². The molecule has 1 heterocycles. The van der Waals surface area contributed by atoms with E-state index in [1.54, 1.807) is 18.2 Å². The van der Waals surface area contributed by atoms with Crippen LogP contribution in [0.5, 0.6) is 0 Å². The molecule has 0 amide bonds. The van der Waals surface area contributed by atoms with Crippen LogP contribution in [0.2, 0.25) is 0 Å². The second-order valence-electron chi connectivity index (χ2n) is 1.94. The number of nitrogens with two attached hydrogens (primary N) is 2. The fourth-order valence-corrected chi connectivity index (χ4v) is 0.469. The molecule has 0 aliphatic heterocycles. The lowest BCUT2D eigenvalue weighted by molar-refractivity contribution is 0.381. The van der Waals surface area contributed by atoms with Crippen LogP contribution in [-0.2, 0) is 10.4 Å². The van der Waals surface area contributed by atoms with Gasteiger partial charge in [0.05, 0.1) is 0 Å². The summed E-state index contributed by atoms with van der Waals surface area (Å²) < 4.78 is 31.6. The molecule has 0 aromatic carbocycles. The van der Waals surface area contributed by atoms with Crippen molar-refractivity contribution in [1.82, 2.24) is 4.98 Å². The Morgan fingerprint density at radius 3 is 1.62 bits per heavy atom. The molecule has 0 atom stereocenters. The summed E-state index contributed by atoms with van der Waals surface area (Å²) in [6.45, 7) is 0. The van der Waals surface area contributed by atoms with Crippen molar-refractivity contribution >= 4 is 22.0 Å². The molecule has 1 rings (SSSR count). The largest absolute Gasteiger partial charge is 0.394 e. The van der Waals surface area contributed by atoms with Crippen molar-refractivity contribution in [2.75, 3.05) is 11.5 Å². The molecular formula is C5H9N3O4S. The van der Waals surface area contributed by atoms with Gasteiger partial charge in [-0.1, -0.05) is 6.07 Å². The molecule has 0 fully saturated rings. The quantitative estimate of drug-likeness (QED) is 0.424. The van der Waals surface area contributed by atoms with Gasteiger partial charge in [0.1, 0.15) is 11.6 Å². The van der Waals surface area contributed by atoms with Crippen LogP contribution in [0.1, 0.15) is 0 Å². The lowest BCUT2D eigenvalue weighted by atomic mass is 10.4. The third-order valence-electron chi connectivity index (χ3n) is 0.792. The summed E-state index contributed by atoms with van der Waals surface area (Å²) >= 11 is 0. The van der Waals surface area contributed by atoms with Gasteiger partial charge in [0.15, 0.2) is 0 Å². The minimum absolute atomic E-state index is 0.463. The van der Waals surface area contributed by atoms with Gasteiger partial charge in [0.25, 0.3) is 0 Å². The Morgan fingerprint density at radius 2 is 1.46 bits per heavy atom. The average Bonchev–Trinajstić information content (AvgIpc) is 1.81. The Kier molecular flexibility index (Phi) is 4.11. The van der Waals surface area contributed by atoms with Crippen LogP contribution in [-0.4, -0.2) is 22.5 Å². The summed E-state index contributed by atoms with van der Waals surface area (Å²) in [4.78, 5) is 3.73. The number of nitrogen functional groups attached to an aromatic ring is 2. The summed E-state index contributed by atoms with van der Waals surface area (Å²) in [7, 11) is -4.67. The van der Waals surface area contributed by atoms with Crippen LogP contribution in [0.3, 0.4) is 0 Å². The molecule has 0 radical (unpaired) electrons. The summed E-state index contributed by atoms with van der Waals surface area (Å²) in [5.41, 5.74) is 10.5. The van der Waals surface area contributed by atoms with Crippen LogP contribution in [0, 0.1) is 0 Å². The van der Waals surface area contributed by atoms with Crippen molar-refractivity contribution < 1.29 is 17.5 Å². The van der Waals surface area contributed by atoms with E-state index >= 15 is 0 Å². The zero-order valence-electron chi connectivity index (χ0n) is 6.45. The second kappa shape index (κ2) is 4.60. The van der Waals surface area contributed by atoms with Crippen LogP contribution >= 0.6 is 0 Å². The molecule has 8 heteroatoms. The van der Waals surface area contributed by atoms with E-state index in [-0.39, 0.29) is 0 Å². The number of aromatic nitrogens is 1. The van der Waals surface area contributed by atoms with Crippen molar-refractivity contribution in [3.63, 3.8) is 0 Å². The Morgan fingerprint density at radius 1 is 1.15 bits per heavy atom. The molecular weight excluding hydrogens is 198 g/mol. The molecule has 6 N–H and O–H groups in total. The van der Waals surface area contributed by atoms with Gasteiger partial charge in [-0.25, -0.2) is 4.98 Å². The highest BCUT2D eigenvalue weighted by molar-refractivity contribution is 7.79. The third-order valence-corrected chi connectivity index (χ3v) is 0.792. The molecule has 0 saturated heterocycles. The van der Waals surface area contributed by atoms with Crippen LogP contribution in [0.25, 0.3) is 0 Å². The van der Waals surface area contributed by atoms with Crippen LogP contribution in [0.4, 0.5) is 11.6 Å². The lowest BCUT2D eigenvalue weighted by Gasteiger charge is -1.90. The maximum Gasteiger partial charge on any atom is 0.394 e. The topological polar surface area (TPSA) is 140 Å². The maximum absolute atomic E-state index is 8.74. The molecule has 74 valence electrons. The average molecular weight is 207 g/mol. The number of hydrogen-bond donors (Lipinski definition) is 4. The highest BCUT2D eigenvalue weighted by Crippen LogP contribution is 1.99. The molecule has 1 aromatic heterocycles. The van der Waals surface area contributed by atoms with Crippen molar-refractivity contribution in [2.24, 2.45) is 0 Å². The monoisotopic (exact) mass is 207 g/mol.